The number of aliphatic hydroxyl groups is 1. The lowest BCUT2D eigenvalue weighted by molar-refractivity contribution is 0.102. The first-order chi connectivity index (χ1) is 10.0. The SMILES string of the molecule is Cc1cc(C)c(C(=O)Nc2ncc(C#CCO)s2)c(C)c1. The van der Waals surface area contributed by atoms with Crippen LogP contribution in [-0.4, -0.2) is 22.6 Å². The zero-order valence-corrected chi connectivity index (χ0v) is 13.0. The van der Waals surface area contributed by atoms with Gasteiger partial charge in [-0.25, -0.2) is 4.98 Å². The summed E-state index contributed by atoms with van der Waals surface area (Å²) >= 11 is 1.28. The number of hydrogen-bond acceptors (Lipinski definition) is 4. The molecule has 0 saturated heterocycles. The number of rotatable bonds is 2. The van der Waals surface area contributed by atoms with Gasteiger partial charge >= 0.3 is 0 Å². The van der Waals surface area contributed by atoms with Gasteiger partial charge in [0.2, 0.25) is 0 Å². The lowest BCUT2D eigenvalue weighted by atomic mass is 9.99. The van der Waals surface area contributed by atoms with Crippen molar-refractivity contribution in [3.05, 3.63) is 45.5 Å². The van der Waals surface area contributed by atoms with Gasteiger partial charge in [-0.15, -0.1) is 0 Å². The number of nitrogens with one attached hydrogen (secondary N) is 1. The van der Waals surface area contributed by atoms with Crippen LogP contribution in [-0.2, 0) is 0 Å². The van der Waals surface area contributed by atoms with Crippen molar-refractivity contribution in [2.45, 2.75) is 20.8 Å². The second kappa shape index (κ2) is 6.53. The molecular formula is C16H16N2O2S. The highest BCUT2D eigenvalue weighted by atomic mass is 32.1. The van der Waals surface area contributed by atoms with E-state index in [9.17, 15) is 4.79 Å². The number of thiazole rings is 1. The predicted molar refractivity (Wildman–Crippen MR) is 84.7 cm³/mol. The fourth-order valence-electron chi connectivity index (χ4n) is 2.21. The van der Waals surface area contributed by atoms with Gasteiger partial charge in [0.05, 0.1) is 11.1 Å². The first kappa shape index (κ1) is 15.2. The average molecular weight is 300 g/mol. The lowest BCUT2D eigenvalue weighted by Crippen LogP contribution is -2.15. The van der Waals surface area contributed by atoms with Crippen LogP contribution in [0.3, 0.4) is 0 Å². The molecule has 0 aliphatic carbocycles. The fraction of sp³-hybridized carbons (Fsp3) is 0.250. The molecule has 1 heterocycles. The smallest absolute Gasteiger partial charge is 0.257 e. The number of benzene rings is 1. The molecule has 0 fully saturated rings. The van der Waals surface area contributed by atoms with Crippen molar-refractivity contribution < 1.29 is 9.90 Å². The van der Waals surface area contributed by atoms with Crippen molar-refractivity contribution in [2.75, 3.05) is 11.9 Å². The number of carbonyl (C=O) groups is 1. The summed E-state index contributed by atoms with van der Waals surface area (Å²) in [6, 6.07) is 3.98. The molecule has 0 saturated carbocycles. The van der Waals surface area contributed by atoms with Gasteiger partial charge in [0, 0.05) is 5.56 Å². The number of aromatic nitrogens is 1. The van der Waals surface area contributed by atoms with Crippen LogP contribution in [0.15, 0.2) is 18.3 Å². The van der Waals surface area contributed by atoms with E-state index in [-0.39, 0.29) is 12.5 Å². The highest BCUT2D eigenvalue weighted by Crippen LogP contribution is 2.21. The Balaban J connectivity index is 2.20. The summed E-state index contributed by atoms with van der Waals surface area (Å²) in [5.74, 6) is 5.15. The van der Waals surface area contributed by atoms with Gasteiger partial charge in [-0.05, 0) is 31.9 Å². The third kappa shape index (κ3) is 3.69. The summed E-state index contributed by atoms with van der Waals surface area (Å²) in [5.41, 5.74) is 3.71. The Morgan fingerprint density at radius 2 is 2.00 bits per heavy atom. The Kier molecular flexibility index (Phi) is 4.73. The second-order valence-electron chi connectivity index (χ2n) is 4.72. The molecule has 21 heavy (non-hydrogen) atoms. The highest BCUT2D eigenvalue weighted by Gasteiger charge is 2.14. The van der Waals surface area contributed by atoms with Crippen LogP contribution in [0.4, 0.5) is 5.13 Å². The molecule has 0 aliphatic rings. The van der Waals surface area contributed by atoms with E-state index in [4.69, 9.17) is 5.11 Å². The molecule has 108 valence electrons. The second-order valence-corrected chi connectivity index (χ2v) is 5.75. The van der Waals surface area contributed by atoms with Crippen molar-refractivity contribution in [1.82, 2.24) is 4.98 Å². The van der Waals surface area contributed by atoms with Crippen molar-refractivity contribution in [3.63, 3.8) is 0 Å². The van der Waals surface area contributed by atoms with E-state index in [1.165, 1.54) is 11.3 Å². The highest BCUT2D eigenvalue weighted by molar-refractivity contribution is 7.16. The molecule has 0 spiro atoms. The maximum absolute atomic E-state index is 12.4. The van der Waals surface area contributed by atoms with Crippen molar-refractivity contribution in [1.29, 1.82) is 0 Å². The van der Waals surface area contributed by atoms with Crippen molar-refractivity contribution >= 4 is 22.4 Å². The van der Waals surface area contributed by atoms with E-state index in [2.05, 4.69) is 22.1 Å². The molecule has 0 bridgehead atoms. The van der Waals surface area contributed by atoms with Gasteiger partial charge in [-0.2, -0.15) is 0 Å². The summed E-state index contributed by atoms with van der Waals surface area (Å²) < 4.78 is 0. The zero-order chi connectivity index (χ0) is 15.4. The lowest BCUT2D eigenvalue weighted by Gasteiger charge is -2.10. The van der Waals surface area contributed by atoms with Gasteiger partial charge in [0.1, 0.15) is 6.61 Å². The molecule has 2 N–H and O–H groups in total. The summed E-state index contributed by atoms with van der Waals surface area (Å²) in [6.45, 7) is 5.67. The van der Waals surface area contributed by atoms with E-state index in [1.54, 1.807) is 6.20 Å². The molecule has 1 aromatic carbocycles. The Morgan fingerprint density at radius 3 is 2.62 bits per heavy atom. The van der Waals surface area contributed by atoms with E-state index in [0.29, 0.717) is 15.6 Å². The van der Waals surface area contributed by atoms with E-state index in [0.717, 1.165) is 16.7 Å². The predicted octanol–water partition coefficient (Wildman–Crippen LogP) is 2.66. The number of anilines is 1. The summed E-state index contributed by atoms with van der Waals surface area (Å²) in [5, 5.41) is 11.9. The van der Waals surface area contributed by atoms with Gasteiger partial charge in [-0.3, -0.25) is 10.1 Å². The molecule has 4 nitrogen and oxygen atoms in total. The average Bonchev–Trinajstić information content (AvgIpc) is 2.82. The Bertz CT molecular complexity index is 715. The van der Waals surface area contributed by atoms with Gasteiger partial charge in [0.25, 0.3) is 5.91 Å². The van der Waals surface area contributed by atoms with E-state index in [1.807, 2.05) is 32.9 Å². The molecule has 2 rings (SSSR count). The monoisotopic (exact) mass is 300 g/mol. The minimum atomic E-state index is -0.193. The molecule has 0 aliphatic heterocycles. The maximum Gasteiger partial charge on any atom is 0.257 e. The standard InChI is InChI=1S/C16H16N2O2S/c1-10-7-11(2)14(12(3)8-10)15(20)18-16-17-9-13(21-16)5-4-6-19/h7-9,19H,6H2,1-3H3,(H,17,18,20). The summed E-state index contributed by atoms with van der Waals surface area (Å²) in [7, 11) is 0. The quantitative estimate of drug-likeness (QED) is 0.838. The van der Waals surface area contributed by atoms with Crippen LogP contribution in [0.2, 0.25) is 0 Å². The van der Waals surface area contributed by atoms with Gasteiger partial charge in [-0.1, -0.05) is 40.9 Å². The topological polar surface area (TPSA) is 62.2 Å². The minimum absolute atomic E-state index is 0.166. The number of aliphatic hydroxyl groups excluding tert-OH is 1. The largest absolute Gasteiger partial charge is 0.384 e. The Morgan fingerprint density at radius 1 is 1.33 bits per heavy atom. The van der Waals surface area contributed by atoms with Crippen molar-refractivity contribution in [2.24, 2.45) is 0 Å². The number of carbonyl (C=O) groups excluding carboxylic acids is 1. The first-order valence-electron chi connectivity index (χ1n) is 6.46. The zero-order valence-electron chi connectivity index (χ0n) is 12.2. The summed E-state index contributed by atoms with van der Waals surface area (Å²) in [6.07, 6.45) is 1.58. The van der Waals surface area contributed by atoms with Crippen molar-refractivity contribution in [3.8, 4) is 11.8 Å². The molecule has 2 aromatic rings. The molecular weight excluding hydrogens is 284 g/mol. The van der Waals surface area contributed by atoms with Crippen LogP contribution in [0.25, 0.3) is 0 Å². The number of hydrogen-bond donors (Lipinski definition) is 2. The first-order valence-corrected chi connectivity index (χ1v) is 7.27. The number of nitrogens with zero attached hydrogens (tertiary/aromatic N) is 1. The van der Waals surface area contributed by atoms with Crippen LogP contribution in [0, 0.1) is 32.6 Å². The molecule has 1 amide bonds. The molecule has 0 atom stereocenters. The molecule has 0 radical (unpaired) electrons. The van der Waals surface area contributed by atoms with E-state index >= 15 is 0 Å². The Labute approximate surface area is 127 Å². The van der Waals surface area contributed by atoms with Crippen LogP contribution < -0.4 is 5.32 Å². The number of aryl methyl sites for hydroxylation is 3. The third-order valence-electron chi connectivity index (χ3n) is 2.92. The minimum Gasteiger partial charge on any atom is -0.384 e. The van der Waals surface area contributed by atoms with Crippen LogP contribution >= 0.6 is 11.3 Å². The molecule has 1 aromatic heterocycles. The van der Waals surface area contributed by atoms with Gasteiger partial charge in [0.15, 0.2) is 5.13 Å². The maximum atomic E-state index is 12.4. The molecule has 5 heteroatoms. The Hall–Kier alpha value is -2.16. The molecule has 0 unspecified atom stereocenters. The number of amides is 1. The van der Waals surface area contributed by atoms with Crippen LogP contribution in [0.1, 0.15) is 31.9 Å². The normalized spacial score (nSPS) is 9.90. The van der Waals surface area contributed by atoms with Gasteiger partial charge < -0.3 is 5.11 Å². The third-order valence-corrected chi connectivity index (χ3v) is 3.75. The van der Waals surface area contributed by atoms with E-state index < -0.39 is 0 Å². The van der Waals surface area contributed by atoms with Crippen LogP contribution in [0.5, 0.6) is 0 Å². The fourth-order valence-corrected chi connectivity index (χ4v) is 2.90. The summed E-state index contributed by atoms with van der Waals surface area (Å²) in [4.78, 5) is 17.2.